The number of H-pyrrole nitrogens is 1. The number of benzene rings is 3. The second-order valence-corrected chi connectivity index (χ2v) is 22.2. The number of fused-ring (bicyclic) bond motifs is 2. The normalized spacial score (nSPS) is 18.1. The van der Waals surface area contributed by atoms with Gasteiger partial charge in [-0.3, -0.25) is 14.5 Å². The number of aromatic amines is 1. The summed E-state index contributed by atoms with van der Waals surface area (Å²) < 4.78 is 7.35. The molecule has 1 fully saturated rings. The maximum Gasteiger partial charge on any atom is 0.407 e. The van der Waals surface area contributed by atoms with E-state index in [0.29, 0.717) is 41.7 Å². The number of hydrogen-bond acceptors (Lipinski definition) is 7. The average Bonchev–Trinajstić information content (AvgIpc) is 3.80. The quantitative estimate of drug-likeness (QED) is 0.122. The summed E-state index contributed by atoms with van der Waals surface area (Å²) in [4.78, 5) is 51.8. The van der Waals surface area contributed by atoms with E-state index in [-0.39, 0.29) is 35.5 Å². The van der Waals surface area contributed by atoms with Crippen molar-refractivity contribution in [2.75, 3.05) is 26.2 Å². The number of amides is 3. The SMILES string of the molecule is CC(C)(CO[Si](c1ccccc1)(c1ccccc1)C(C)(C)C)N1CCc2nc(C(=O)N[C@@H]3CN(C(=O)O)CC[C@@H]3NC(=O)c3cc4cc(Cl)ccc4[nH]3)sc2C1. The lowest BCUT2D eigenvalue weighted by molar-refractivity contribution is 0.0530. The monoisotopic (exact) mass is 812 g/mol. The van der Waals surface area contributed by atoms with E-state index < -0.39 is 26.5 Å². The van der Waals surface area contributed by atoms with E-state index in [9.17, 15) is 19.5 Å². The summed E-state index contributed by atoms with van der Waals surface area (Å²) >= 11 is 7.51. The molecule has 56 heavy (non-hydrogen) atoms. The van der Waals surface area contributed by atoms with Gasteiger partial charge >= 0.3 is 6.09 Å². The van der Waals surface area contributed by atoms with Gasteiger partial charge in [0.1, 0.15) is 5.69 Å². The van der Waals surface area contributed by atoms with Crippen LogP contribution in [0.25, 0.3) is 10.9 Å². The van der Waals surface area contributed by atoms with Crippen molar-refractivity contribution in [3.05, 3.63) is 111 Å². The van der Waals surface area contributed by atoms with E-state index >= 15 is 0 Å². The standard InChI is InChI=1S/C42H49ClN6O5SSi/c1-41(2,3)56(29-12-8-6-9-13-29,30-14-10-7-11-15-30)54-26-42(4,5)49-21-19-33-36(25-49)55-39(47-33)38(51)46-35-24-48(40(52)53)20-18-32(35)45-37(50)34-23-27-22-28(43)16-17-31(27)44-34/h6-17,22-23,32,35,44H,18-21,24-26H2,1-5H3,(H,45,50)(H,46,51)(H,52,53)/t32-,35+/m0/s1. The second-order valence-electron chi connectivity index (χ2n) is 16.4. The zero-order chi connectivity index (χ0) is 39.8. The third kappa shape index (κ3) is 8.01. The lowest BCUT2D eigenvalue weighted by atomic mass is 9.99. The summed E-state index contributed by atoms with van der Waals surface area (Å²) in [5.74, 6) is -0.737. The van der Waals surface area contributed by atoms with Crippen molar-refractivity contribution in [3.63, 3.8) is 0 Å². The van der Waals surface area contributed by atoms with Crippen molar-refractivity contribution in [1.82, 2.24) is 30.4 Å². The molecule has 2 aromatic heterocycles. The molecule has 7 rings (SSSR count). The van der Waals surface area contributed by atoms with Crippen molar-refractivity contribution in [2.24, 2.45) is 0 Å². The van der Waals surface area contributed by atoms with Crippen LogP contribution in [0, 0.1) is 0 Å². The predicted octanol–water partition coefficient (Wildman–Crippen LogP) is 6.27. The first kappa shape index (κ1) is 39.7. The van der Waals surface area contributed by atoms with Crippen LogP contribution in [0.3, 0.4) is 0 Å². The molecule has 14 heteroatoms. The minimum absolute atomic E-state index is 0.0344. The van der Waals surface area contributed by atoms with Gasteiger partial charge in [-0.25, -0.2) is 9.78 Å². The van der Waals surface area contributed by atoms with E-state index in [0.717, 1.165) is 28.0 Å². The number of nitrogens with one attached hydrogen (secondary N) is 3. The molecule has 0 bridgehead atoms. The first-order valence-electron chi connectivity index (χ1n) is 19.0. The van der Waals surface area contributed by atoms with Crippen LogP contribution in [0.4, 0.5) is 4.79 Å². The van der Waals surface area contributed by atoms with Crippen molar-refractivity contribution < 1.29 is 23.9 Å². The van der Waals surface area contributed by atoms with Crippen LogP contribution in [0.15, 0.2) is 84.9 Å². The molecule has 4 N–H and O–H groups in total. The fourth-order valence-corrected chi connectivity index (χ4v) is 14.0. The number of likely N-dealkylation sites (tertiary alicyclic amines) is 1. The molecule has 0 unspecified atom stereocenters. The molecule has 0 saturated carbocycles. The van der Waals surface area contributed by atoms with Crippen LogP contribution >= 0.6 is 22.9 Å². The summed E-state index contributed by atoms with van der Waals surface area (Å²) in [5.41, 5.74) is 1.69. The first-order chi connectivity index (χ1) is 26.6. The summed E-state index contributed by atoms with van der Waals surface area (Å²) in [6.07, 6.45) is -0.0524. The molecular formula is C42H49ClN6O5SSi. The van der Waals surface area contributed by atoms with Gasteiger partial charge in [0.2, 0.25) is 0 Å². The Balaban J connectivity index is 1.05. The van der Waals surface area contributed by atoms with Gasteiger partial charge in [-0.2, -0.15) is 0 Å². The van der Waals surface area contributed by atoms with Crippen LogP contribution in [-0.2, 0) is 17.4 Å². The first-order valence-corrected chi connectivity index (χ1v) is 22.1. The van der Waals surface area contributed by atoms with E-state index in [4.69, 9.17) is 21.0 Å². The van der Waals surface area contributed by atoms with Gasteiger partial charge in [0.05, 0.1) is 24.4 Å². The van der Waals surface area contributed by atoms with Crippen LogP contribution in [0.5, 0.6) is 0 Å². The maximum absolute atomic E-state index is 13.8. The molecule has 0 radical (unpaired) electrons. The zero-order valence-corrected chi connectivity index (χ0v) is 35.0. The number of halogens is 1. The molecule has 5 aromatic rings. The summed E-state index contributed by atoms with van der Waals surface area (Å²) in [6, 6.07) is 27.2. The number of rotatable bonds is 10. The summed E-state index contributed by atoms with van der Waals surface area (Å²) in [7, 11) is -2.75. The molecule has 2 atom stereocenters. The van der Waals surface area contributed by atoms with Crippen molar-refractivity contribution >= 4 is 70.4 Å². The Hall–Kier alpha value is -4.53. The van der Waals surface area contributed by atoms with Crippen molar-refractivity contribution in [3.8, 4) is 0 Å². The summed E-state index contributed by atoms with van der Waals surface area (Å²) in [5, 5.41) is 19.9. The molecule has 2 aliphatic rings. The number of aromatic nitrogens is 2. The fraction of sp³-hybridized carbons (Fsp3) is 0.381. The third-order valence-electron chi connectivity index (χ3n) is 11.2. The van der Waals surface area contributed by atoms with Gasteiger partial charge in [-0.15, -0.1) is 11.3 Å². The van der Waals surface area contributed by atoms with Gasteiger partial charge in [0, 0.05) is 58.9 Å². The van der Waals surface area contributed by atoms with Gasteiger partial charge in [0.25, 0.3) is 20.1 Å². The Bertz CT molecular complexity index is 2180. The molecule has 294 valence electrons. The molecule has 11 nitrogen and oxygen atoms in total. The molecule has 3 aromatic carbocycles. The van der Waals surface area contributed by atoms with Gasteiger partial charge in [0.15, 0.2) is 5.01 Å². The number of hydrogen-bond donors (Lipinski definition) is 4. The topological polar surface area (TPSA) is 140 Å². The van der Waals surface area contributed by atoms with Crippen LogP contribution < -0.4 is 21.0 Å². The van der Waals surface area contributed by atoms with E-state index in [2.05, 4.69) is 116 Å². The largest absolute Gasteiger partial charge is 0.465 e. The Morgan fingerprint density at radius 2 is 1.59 bits per heavy atom. The van der Waals surface area contributed by atoms with Gasteiger partial charge < -0.3 is 30.0 Å². The van der Waals surface area contributed by atoms with Crippen LogP contribution in [-0.4, -0.2) is 95.0 Å². The highest BCUT2D eigenvalue weighted by Gasteiger charge is 2.51. The van der Waals surface area contributed by atoms with Crippen molar-refractivity contribution in [1.29, 1.82) is 0 Å². The van der Waals surface area contributed by atoms with E-state index in [1.807, 2.05) is 0 Å². The number of carboxylic acid groups (broad SMARTS) is 1. The van der Waals surface area contributed by atoms with Gasteiger partial charge in [-0.05, 0) is 59.9 Å². The minimum Gasteiger partial charge on any atom is -0.465 e. The number of carbonyl (C=O) groups excluding carboxylic acids is 2. The second kappa shape index (κ2) is 15.8. The Morgan fingerprint density at radius 1 is 0.929 bits per heavy atom. The lowest BCUT2D eigenvalue weighted by Crippen LogP contribution is -2.68. The smallest absolute Gasteiger partial charge is 0.407 e. The van der Waals surface area contributed by atoms with E-state index in [1.165, 1.54) is 26.6 Å². The van der Waals surface area contributed by atoms with E-state index in [1.54, 1.807) is 24.3 Å². The highest BCUT2D eigenvalue weighted by molar-refractivity contribution is 7.13. The average molecular weight is 813 g/mol. The molecule has 4 heterocycles. The minimum atomic E-state index is -2.75. The van der Waals surface area contributed by atoms with Crippen LogP contribution in [0.2, 0.25) is 10.1 Å². The number of nitrogens with zero attached hydrogens (tertiary/aromatic N) is 3. The molecular weight excluding hydrogens is 764 g/mol. The zero-order valence-electron chi connectivity index (χ0n) is 32.4. The highest BCUT2D eigenvalue weighted by Crippen LogP contribution is 2.38. The number of thiazole rings is 1. The predicted molar refractivity (Wildman–Crippen MR) is 224 cm³/mol. The number of carbonyl (C=O) groups is 3. The maximum atomic E-state index is 13.8. The van der Waals surface area contributed by atoms with Gasteiger partial charge in [-0.1, -0.05) is 93.0 Å². The Labute approximate surface area is 337 Å². The molecule has 1 saturated heterocycles. The third-order valence-corrected chi connectivity index (χ3v) is 17.5. The summed E-state index contributed by atoms with van der Waals surface area (Å²) in [6.45, 7) is 13.5. The lowest BCUT2D eigenvalue weighted by Gasteiger charge is -2.47. The Morgan fingerprint density at radius 3 is 2.23 bits per heavy atom. The van der Waals surface area contributed by atoms with Crippen LogP contribution in [0.1, 0.15) is 71.9 Å². The van der Waals surface area contributed by atoms with Crippen molar-refractivity contribution in [2.45, 2.75) is 76.7 Å². The Kier molecular flexibility index (Phi) is 11.2. The molecule has 2 aliphatic heterocycles. The molecule has 0 aliphatic carbocycles. The molecule has 3 amide bonds. The number of piperidine rings is 1. The highest BCUT2D eigenvalue weighted by atomic mass is 35.5. The molecule has 0 spiro atoms. The fourth-order valence-electron chi connectivity index (χ4n) is 8.09.